The third kappa shape index (κ3) is 3.51. The summed E-state index contributed by atoms with van der Waals surface area (Å²) in [6.45, 7) is 7.66. The molecule has 0 atom stereocenters. The van der Waals surface area contributed by atoms with Crippen LogP contribution >= 0.6 is 0 Å². The molecule has 1 saturated heterocycles. The van der Waals surface area contributed by atoms with Crippen LogP contribution in [-0.2, 0) is 22.3 Å². The molecule has 1 aliphatic heterocycles. The lowest BCUT2D eigenvalue weighted by Crippen LogP contribution is -2.41. The molecule has 0 radical (unpaired) electrons. The van der Waals surface area contributed by atoms with Gasteiger partial charge in [0.15, 0.2) is 5.65 Å². The summed E-state index contributed by atoms with van der Waals surface area (Å²) in [6, 6.07) is 9.29. The lowest BCUT2D eigenvalue weighted by molar-refractivity contribution is 0.00578. The Morgan fingerprint density at radius 1 is 1.00 bits per heavy atom. The van der Waals surface area contributed by atoms with Gasteiger partial charge in [-0.1, -0.05) is 24.3 Å². The van der Waals surface area contributed by atoms with Gasteiger partial charge < -0.3 is 9.31 Å². The molecule has 11 heteroatoms. The summed E-state index contributed by atoms with van der Waals surface area (Å²) in [5, 5.41) is 16.1. The van der Waals surface area contributed by atoms with E-state index in [-0.39, 0.29) is 11.2 Å². The summed E-state index contributed by atoms with van der Waals surface area (Å²) in [5.41, 5.74) is 0.502. The number of rotatable bonds is 4. The molecule has 1 aromatic carbocycles. The molecule has 3 aromatic heterocycles. The van der Waals surface area contributed by atoms with Crippen LogP contribution in [0.4, 0.5) is 8.78 Å². The topological polar surface area (TPSA) is 79.4 Å². The van der Waals surface area contributed by atoms with E-state index < -0.39 is 30.1 Å². The van der Waals surface area contributed by atoms with Crippen LogP contribution in [0.25, 0.3) is 16.9 Å². The van der Waals surface area contributed by atoms with Gasteiger partial charge in [-0.05, 0) is 45.3 Å². The second kappa shape index (κ2) is 7.16. The number of fused-ring (bicyclic) bond motifs is 1. The van der Waals surface area contributed by atoms with Crippen molar-refractivity contribution < 1.29 is 18.1 Å². The van der Waals surface area contributed by atoms with E-state index >= 15 is 8.78 Å². The minimum absolute atomic E-state index is 0.222. The molecule has 0 aliphatic carbocycles. The van der Waals surface area contributed by atoms with Gasteiger partial charge in [0.2, 0.25) is 5.82 Å². The van der Waals surface area contributed by atoms with E-state index in [1.165, 1.54) is 12.1 Å². The number of nitrogens with zero attached hydrogens (tertiary/aromatic N) is 6. The summed E-state index contributed by atoms with van der Waals surface area (Å²) in [5.74, 6) is -4.03. The van der Waals surface area contributed by atoms with E-state index in [9.17, 15) is 0 Å². The number of hydrogen-bond acceptors (Lipinski definition) is 6. The van der Waals surface area contributed by atoms with E-state index in [0.29, 0.717) is 16.7 Å². The number of halogens is 2. The first-order valence-corrected chi connectivity index (χ1v) is 10.5. The zero-order valence-electron chi connectivity index (χ0n) is 19.0. The summed E-state index contributed by atoms with van der Waals surface area (Å²) in [4.78, 5) is 0. The lowest BCUT2D eigenvalue weighted by atomic mass is 9.78. The average molecular weight is 452 g/mol. The summed E-state index contributed by atoms with van der Waals surface area (Å²) in [7, 11) is 1.02. The van der Waals surface area contributed by atoms with E-state index in [0.717, 1.165) is 4.52 Å². The average Bonchev–Trinajstić information content (AvgIpc) is 3.43. The largest absolute Gasteiger partial charge is 0.494 e. The fraction of sp³-hybridized carbons (Fsp3) is 0.364. The summed E-state index contributed by atoms with van der Waals surface area (Å²) >= 11 is 0. The highest BCUT2D eigenvalue weighted by Gasteiger charge is 2.52. The van der Waals surface area contributed by atoms with Crippen LogP contribution < -0.4 is 5.46 Å². The number of aryl methyl sites for hydroxylation is 1. The van der Waals surface area contributed by atoms with Gasteiger partial charge in [0.05, 0.1) is 23.1 Å². The smallest absolute Gasteiger partial charge is 0.399 e. The maximum atomic E-state index is 15.7. The molecule has 0 unspecified atom stereocenters. The number of hydrogen-bond donors (Lipinski definition) is 0. The van der Waals surface area contributed by atoms with E-state index in [2.05, 4.69) is 20.4 Å². The Bertz CT molecular complexity index is 1330. The van der Waals surface area contributed by atoms with Gasteiger partial charge in [-0.2, -0.15) is 23.5 Å². The second-order valence-electron chi connectivity index (χ2n) is 9.20. The molecule has 4 aromatic rings. The Labute approximate surface area is 189 Å². The van der Waals surface area contributed by atoms with E-state index in [1.807, 2.05) is 27.7 Å². The van der Waals surface area contributed by atoms with Gasteiger partial charge in [0.25, 0.3) is 0 Å². The van der Waals surface area contributed by atoms with Crippen molar-refractivity contribution >= 4 is 18.2 Å². The minimum Gasteiger partial charge on any atom is -0.399 e. The van der Waals surface area contributed by atoms with Crippen LogP contribution in [-0.4, -0.2) is 47.9 Å². The lowest BCUT2D eigenvalue weighted by Gasteiger charge is -2.32. The molecular weight excluding hydrogens is 429 g/mol. The fourth-order valence-electron chi connectivity index (χ4n) is 3.68. The SMILES string of the molecule is Cn1cc(-c2ccc3nnc(C(F)(F)c4cccc(B5OC(C)(C)C(C)(C)O5)c4)n3n2)cn1. The van der Waals surface area contributed by atoms with Crippen LogP contribution in [0.5, 0.6) is 0 Å². The second-order valence-corrected chi connectivity index (χ2v) is 9.20. The minimum atomic E-state index is -3.46. The highest BCUT2D eigenvalue weighted by atomic mass is 19.3. The molecule has 1 fully saturated rings. The normalized spacial score (nSPS) is 17.7. The first kappa shape index (κ1) is 21.7. The Morgan fingerprint density at radius 2 is 1.73 bits per heavy atom. The quantitative estimate of drug-likeness (QED) is 0.443. The Hall–Kier alpha value is -3.18. The fourth-order valence-corrected chi connectivity index (χ4v) is 3.68. The molecule has 0 saturated carbocycles. The van der Waals surface area contributed by atoms with Crippen LogP contribution in [0.3, 0.4) is 0 Å². The molecule has 5 rings (SSSR count). The molecule has 1 aliphatic rings. The zero-order valence-corrected chi connectivity index (χ0v) is 19.0. The molecule has 0 spiro atoms. The highest BCUT2D eigenvalue weighted by molar-refractivity contribution is 6.62. The van der Waals surface area contributed by atoms with Gasteiger partial charge in [-0.3, -0.25) is 4.68 Å². The number of aromatic nitrogens is 6. The predicted octanol–water partition coefficient (Wildman–Crippen LogP) is 2.96. The maximum Gasteiger partial charge on any atom is 0.494 e. The Morgan fingerprint density at radius 3 is 2.39 bits per heavy atom. The Balaban J connectivity index is 1.53. The summed E-state index contributed by atoms with van der Waals surface area (Å²) in [6.07, 6.45) is 3.37. The molecular formula is C22H23BF2N6O2. The van der Waals surface area contributed by atoms with Crippen LogP contribution in [0.1, 0.15) is 39.1 Å². The van der Waals surface area contributed by atoms with E-state index in [1.54, 1.807) is 48.4 Å². The monoisotopic (exact) mass is 452 g/mol. The van der Waals surface area contributed by atoms with Gasteiger partial charge in [0.1, 0.15) is 0 Å². The first-order chi connectivity index (χ1) is 15.5. The standard InChI is InChI=1S/C22H23BF2N6O2/c1-20(2)21(3,4)33-23(32-20)16-8-6-7-15(11-16)22(24,25)19-28-27-18-10-9-17(29-31(18)19)14-12-26-30(5)13-14/h6-13H,1-5H3. The molecule has 0 amide bonds. The summed E-state index contributed by atoms with van der Waals surface area (Å²) < 4.78 is 46.1. The van der Waals surface area contributed by atoms with Gasteiger partial charge in [-0.15, -0.1) is 10.2 Å². The first-order valence-electron chi connectivity index (χ1n) is 10.5. The van der Waals surface area contributed by atoms with Gasteiger partial charge >= 0.3 is 13.0 Å². The van der Waals surface area contributed by atoms with Crippen molar-refractivity contribution in [2.75, 3.05) is 0 Å². The molecule has 4 heterocycles. The maximum absolute atomic E-state index is 15.7. The number of alkyl halides is 2. The third-order valence-electron chi connectivity index (χ3n) is 6.32. The van der Waals surface area contributed by atoms with Gasteiger partial charge in [0, 0.05) is 24.4 Å². The highest BCUT2D eigenvalue weighted by Crippen LogP contribution is 2.38. The van der Waals surface area contributed by atoms with Crippen LogP contribution in [0.15, 0.2) is 48.8 Å². The molecule has 0 N–H and O–H groups in total. The van der Waals surface area contributed by atoms with Crippen molar-refractivity contribution in [1.82, 2.24) is 29.6 Å². The predicted molar refractivity (Wildman–Crippen MR) is 118 cm³/mol. The molecule has 33 heavy (non-hydrogen) atoms. The van der Waals surface area contributed by atoms with Crippen molar-refractivity contribution in [1.29, 1.82) is 0 Å². The molecule has 0 bridgehead atoms. The Kier molecular flexibility index (Phi) is 4.70. The van der Waals surface area contributed by atoms with Crippen LogP contribution in [0, 0.1) is 0 Å². The molecule has 8 nitrogen and oxygen atoms in total. The van der Waals surface area contributed by atoms with Crippen molar-refractivity contribution in [2.24, 2.45) is 7.05 Å². The molecule has 170 valence electrons. The van der Waals surface area contributed by atoms with Gasteiger partial charge in [-0.25, -0.2) is 0 Å². The van der Waals surface area contributed by atoms with E-state index in [4.69, 9.17) is 9.31 Å². The van der Waals surface area contributed by atoms with Crippen molar-refractivity contribution in [3.63, 3.8) is 0 Å². The number of benzene rings is 1. The van der Waals surface area contributed by atoms with Crippen molar-refractivity contribution in [3.8, 4) is 11.3 Å². The zero-order chi connectivity index (χ0) is 23.6. The van der Waals surface area contributed by atoms with Crippen molar-refractivity contribution in [3.05, 3.63) is 60.2 Å². The third-order valence-corrected chi connectivity index (χ3v) is 6.32. The van der Waals surface area contributed by atoms with Crippen LogP contribution in [0.2, 0.25) is 0 Å². The van der Waals surface area contributed by atoms with Crippen molar-refractivity contribution in [2.45, 2.75) is 44.8 Å².